The van der Waals surface area contributed by atoms with Gasteiger partial charge in [-0.05, 0) is 71.4 Å². The van der Waals surface area contributed by atoms with Crippen LogP contribution in [0.2, 0.25) is 10.0 Å². The van der Waals surface area contributed by atoms with Crippen molar-refractivity contribution in [1.82, 2.24) is 5.32 Å². The van der Waals surface area contributed by atoms with Crippen LogP contribution in [0.15, 0.2) is 96.6 Å². The first-order valence-corrected chi connectivity index (χ1v) is 13.9. The summed E-state index contributed by atoms with van der Waals surface area (Å²) in [7, 11) is 1.57. The van der Waals surface area contributed by atoms with Crippen LogP contribution in [-0.4, -0.2) is 24.0 Å². The number of carbonyl (C=O) groups is 2. The quantitative estimate of drug-likeness (QED) is 0.124. The average molecular weight is 620 g/mol. The van der Waals surface area contributed by atoms with Crippen molar-refractivity contribution in [3.05, 3.63) is 123 Å². The zero-order chi connectivity index (χ0) is 29.6. The van der Waals surface area contributed by atoms with Crippen molar-refractivity contribution >= 4 is 64.1 Å². The third-order valence-corrected chi connectivity index (χ3v) is 7.14. The van der Waals surface area contributed by atoms with Gasteiger partial charge in [0.15, 0.2) is 22.4 Å². The Kier molecular flexibility index (Phi) is 9.07. The fourth-order valence-electron chi connectivity index (χ4n) is 4.25. The third kappa shape index (κ3) is 6.57. The number of hydrogen-bond donors (Lipinski definition) is 1. The number of anilines is 1. The number of nitrogens with one attached hydrogen (secondary N) is 1. The summed E-state index contributed by atoms with van der Waals surface area (Å²) in [6.45, 7) is 0.560. The first-order valence-electron chi connectivity index (χ1n) is 12.8. The van der Waals surface area contributed by atoms with E-state index in [-0.39, 0.29) is 33.1 Å². The molecule has 0 aliphatic carbocycles. The van der Waals surface area contributed by atoms with Crippen LogP contribution < -0.4 is 24.4 Å². The number of rotatable bonds is 9. The highest BCUT2D eigenvalue weighted by atomic mass is 35.5. The lowest BCUT2D eigenvalue weighted by molar-refractivity contribution is -0.122. The van der Waals surface area contributed by atoms with Crippen LogP contribution in [0.3, 0.4) is 0 Å². The molecule has 42 heavy (non-hydrogen) atoms. The van der Waals surface area contributed by atoms with E-state index in [1.54, 1.807) is 43.5 Å². The van der Waals surface area contributed by atoms with E-state index >= 15 is 0 Å². The van der Waals surface area contributed by atoms with Gasteiger partial charge in [0, 0.05) is 0 Å². The molecule has 10 heteroatoms. The minimum Gasteiger partial charge on any atom is -0.493 e. The zero-order valence-electron chi connectivity index (χ0n) is 22.3. The van der Waals surface area contributed by atoms with Gasteiger partial charge in [0.25, 0.3) is 11.8 Å². The molecule has 0 aromatic heterocycles. The van der Waals surface area contributed by atoms with Gasteiger partial charge in [-0.1, -0.05) is 77.8 Å². The summed E-state index contributed by atoms with van der Waals surface area (Å²) < 4.78 is 17.4. The first kappa shape index (κ1) is 29.1. The van der Waals surface area contributed by atoms with Crippen LogP contribution in [0, 0.1) is 0 Å². The number of nitrogens with zero attached hydrogens (tertiary/aromatic N) is 1. The Balaban J connectivity index is 1.30. The fraction of sp³-hybridized carbons (Fsp3) is 0.0938. The molecule has 1 aliphatic heterocycles. The summed E-state index contributed by atoms with van der Waals surface area (Å²) in [6, 6.07) is 27.3. The maximum absolute atomic E-state index is 13.2. The SMILES string of the molecule is COc1cc(COc2c(Cl)cc(/C=C3/C(=O)NC(=S)N(c4ccccc4)C3=O)cc2Cl)ccc1OCc1ccccc1. The maximum Gasteiger partial charge on any atom is 0.270 e. The van der Waals surface area contributed by atoms with Crippen LogP contribution >= 0.6 is 35.4 Å². The Bertz CT molecular complexity index is 1660. The molecular weight excluding hydrogens is 595 g/mol. The molecule has 1 fully saturated rings. The monoisotopic (exact) mass is 618 g/mol. The van der Waals surface area contributed by atoms with Crippen LogP contribution in [-0.2, 0) is 22.8 Å². The second-order valence-electron chi connectivity index (χ2n) is 9.16. The molecule has 2 amide bonds. The number of halogens is 2. The third-order valence-electron chi connectivity index (χ3n) is 6.30. The van der Waals surface area contributed by atoms with E-state index in [1.165, 1.54) is 11.0 Å². The van der Waals surface area contributed by atoms with Crippen molar-refractivity contribution in [2.24, 2.45) is 0 Å². The molecule has 4 aromatic rings. The number of hydrogen-bond acceptors (Lipinski definition) is 6. The zero-order valence-corrected chi connectivity index (χ0v) is 24.6. The van der Waals surface area contributed by atoms with Crippen LogP contribution in [0.5, 0.6) is 17.2 Å². The molecule has 1 aliphatic rings. The Morgan fingerprint density at radius 3 is 2.12 bits per heavy atom. The Hall–Kier alpha value is -4.37. The topological polar surface area (TPSA) is 77.1 Å². The van der Waals surface area contributed by atoms with Gasteiger partial charge in [-0.3, -0.25) is 19.8 Å². The lowest BCUT2D eigenvalue weighted by Gasteiger charge is -2.28. The van der Waals surface area contributed by atoms with E-state index in [9.17, 15) is 9.59 Å². The number of thiocarbonyl (C=S) groups is 1. The Morgan fingerprint density at radius 1 is 0.810 bits per heavy atom. The van der Waals surface area contributed by atoms with Crippen molar-refractivity contribution in [3.63, 3.8) is 0 Å². The number of ether oxygens (including phenoxy) is 3. The summed E-state index contributed by atoms with van der Waals surface area (Å²) in [5.74, 6) is 0.245. The number of carbonyl (C=O) groups excluding carboxylic acids is 2. The fourth-order valence-corrected chi connectivity index (χ4v) is 5.14. The summed E-state index contributed by atoms with van der Waals surface area (Å²) in [4.78, 5) is 27.2. The molecule has 212 valence electrons. The second-order valence-corrected chi connectivity index (χ2v) is 10.4. The Labute approximate surface area is 258 Å². The van der Waals surface area contributed by atoms with Crippen molar-refractivity contribution in [3.8, 4) is 17.2 Å². The van der Waals surface area contributed by atoms with Crippen molar-refractivity contribution < 1.29 is 23.8 Å². The lowest BCUT2D eigenvalue weighted by Crippen LogP contribution is -2.54. The first-order chi connectivity index (χ1) is 20.3. The molecule has 0 atom stereocenters. The molecule has 0 saturated carbocycles. The maximum atomic E-state index is 13.2. The highest BCUT2D eigenvalue weighted by Gasteiger charge is 2.34. The number of amides is 2. The van der Waals surface area contributed by atoms with E-state index in [1.807, 2.05) is 54.6 Å². The summed E-state index contributed by atoms with van der Waals surface area (Å²) >= 11 is 18.3. The minimum atomic E-state index is -0.616. The van der Waals surface area contributed by atoms with Crippen molar-refractivity contribution in [2.75, 3.05) is 12.0 Å². The standard InChI is InChI=1S/C32H24Cl2N2O5S/c1-39-28-17-21(12-13-27(28)40-18-20-8-4-2-5-9-20)19-41-29-25(33)15-22(16-26(29)34)14-24-30(37)35-32(42)36(31(24)38)23-10-6-3-7-11-23/h2-17H,18-19H2,1H3,(H,35,37,42)/b24-14-. The van der Waals surface area contributed by atoms with Crippen LogP contribution in [0.4, 0.5) is 5.69 Å². The molecule has 7 nitrogen and oxygen atoms in total. The smallest absolute Gasteiger partial charge is 0.270 e. The van der Waals surface area contributed by atoms with Gasteiger partial charge in [-0.15, -0.1) is 0 Å². The molecule has 1 N–H and O–H groups in total. The van der Waals surface area contributed by atoms with Gasteiger partial charge in [0.05, 0.1) is 22.8 Å². The normalized spacial score (nSPS) is 14.1. The molecule has 0 radical (unpaired) electrons. The van der Waals surface area contributed by atoms with Crippen molar-refractivity contribution in [2.45, 2.75) is 13.2 Å². The molecule has 0 bridgehead atoms. The molecule has 1 saturated heterocycles. The van der Waals surface area contributed by atoms with Gasteiger partial charge in [-0.2, -0.15) is 0 Å². The van der Waals surface area contributed by atoms with E-state index in [2.05, 4.69) is 5.32 Å². The van der Waals surface area contributed by atoms with Crippen LogP contribution in [0.25, 0.3) is 6.08 Å². The molecule has 5 rings (SSSR count). The lowest BCUT2D eigenvalue weighted by atomic mass is 10.1. The minimum absolute atomic E-state index is 0.000540. The number of methoxy groups -OCH3 is 1. The summed E-state index contributed by atoms with van der Waals surface area (Å²) in [5.41, 5.74) is 2.71. The molecule has 0 unspecified atom stereocenters. The van der Waals surface area contributed by atoms with Gasteiger partial charge in [0.1, 0.15) is 18.8 Å². The van der Waals surface area contributed by atoms with Gasteiger partial charge >= 0.3 is 0 Å². The van der Waals surface area contributed by atoms with Gasteiger partial charge in [-0.25, -0.2) is 0 Å². The average Bonchev–Trinajstić information content (AvgIpc) is 2.99. The number of para-hydroxylation sites is 1. The van der Waals surface area contributed by atoms with Crippen LogP contribution in [0.1, 0.15) is 16.7 Å². The highest BCUT2D eigenvalue weighted by molar-refractivity contribution is 7.80. The predicted molar refractivity (Wildman–Crippen MR) is 167 cm³/mol. The van der Waals surface area contributed by atoms with E-state index in [4.69, 9.17) is 49.6 Å². The molecular formula is C32H24Cl2N2O5S. The predicted octanol–water partition coefficient (Wildman–Crippen LogP) is 6.99. The summed E-state index contributed by atoms with van der Waals surface area (Å²) in [5, 5.41) is 2.98. The Morgan fingerprint density at radius 2 is 1.45 bits per heavy atom. The largest absolute Gasteiger partial charge is 0.493 e. The highest BCUT2D eigenvalue weighted by Crippen LogP contribution is 2.36. The van der Waals surface area contributed by atoms with Gasteiger partial charge < -0.3 is 14.2 Å². The second kappa shape index (κ2) is 13.1. The van der Waals surface area contributed by atoms with E-state index in [0.717, 1.165) is 11.1 Å². The summed E-state index contributed by atoms with van der Waals surface area (Å²) in [6.07, 6.45) is 1.41. The van der Waals surface area contributed by atoms with Gasteiger partial charge in [0.2, 0.25) is 0 Å². The van der Waals surface area contributed by atoms with E-state index < -0.39 is 11.8 Å². The van der Waals surface area contributed by atoms with Crippen molar-refractivity contribution in [1.29, 1.82) is 0 Å². The van der Waals surface area contributed by atoms with E-state index in [0.29, 0.717) is 29.4 Å². The molecule has 0 spiro atoms. The molecule has 4 aromatic carbocycles. The number of benzene rings is 4. The molecule has 1 heterocycles.